The number of fused-ring (bicyclic) bond motifs is 1. The van der Waals surface area contributed by atoms with E-state index in [9.17, 15) is 4.79 Å². The predicted molar refractivity (Wildman–Crippen MR) is 65.6 cm³/mol. The van der Waals surface area contributed by atoms with Crippen LogP contribution in [0.2, 0.25) is 0 Å². The van der Waals surface area contributed by atoms with Crippen molar-refractivity contribution in [2.75, 3.05) is 19.6 Å². The van der Waals surface area contributed by atoms with Crippen molar-refractivity contribution in [1.29, 1.82) is 0 Å². The molecule has 1 saturated heterocycles. The molecule has 4 heteroatoms. The van der Waals surface area contributed by atoms with Gasteiger partial charge in [-0.3, -0.25) is 4.79 Å². The lowest BCUT2D eigenvalue weighted by molar-refractivity contribution is -0.136. The maximum atomic E-state index is 12.3. The number of carbonyl (C=O) groups excluding carboxylic acids is 1. The summed E-state index contributed by atoms with van der Waals surface area (Å²) in [6.07, 6.45) is 3.97. The molecule has 2 unspecified atom stereocenters. The first kappa shape index (κ1) is 12.2. The third-order valence-corrected chi connectivity index (χ3v) is 4.48. The van der Waals surface area contributed by atoms with Gasteiger partial charge < -0.3 is 10.2 Å². The van der Waals surface area contributed by atoms with E-state index >= 15 is 0 Å². The summed E-state index contributed by atoms with van der Waals surface area (Å²) in [6.45, 7) is 5.00. The summed E-state index contributed by atoms with van der Waals surface area (Å²) in [4.78, 5) is 14.4. The molecule has 1 aliphatic heterocycles. The molecule has 0 bridgehead atoms. The number of rotatable bonds is 1. The summed E-state index contributed by atoms with van der Waals surface area (Å²) in [5.41, 5.74) is 0. The molecule has 3 atom stereocenters. The summed E-state index contributed by atoms with van der Waals surface area (Å²) >= 11 is 0. The lowest BCUT2D eigenvalue weighted by Gasteiger charge is -2.34. The van der Waals surface area contributed by atoms with Crippen molar-refractivity contribution >= 4 is 18.3 Å². The molecule has 3 nitrogen and oxygen atoms in total. The summed E-state index contributed by atoms with van der Waals surface area (Å²) in [7, 11) is 0. The summed E-state index contributed by atoms with van der Waals surface area (Å²) in [5.74, 6) is 2.40. The van der Waals surface area contributed by atoms with Gasteiger partial charge >= 0.3 is 0 Å². The SMILES string of the molecule is C[C@@H]1CNCCN1C(=O)C1C2CCCC21.Cl. The van der Waals surface area contributed by atoms with Crippen LogP contribution in [0.5, 0.6) is 0 Å². The molecule has 0 aromatic heterocycles. The number of hydrogen-bond donors (Lipinski definition) is 1. The average Bonchev–Trinajstić information content (AvgIpc) is 2.72. The number of carbonyl (C=O) groups is 1. The highest BCUT2D eigenvalue weighted by Gasteiger charge is 2.57. The maximum Gasteiger partial charge on any atom is 0.226 e. The van der Waals surface area contributed by atoms with Crippen molar-refractivity contribution in [3.05, 3.63) is 0 Å². The molecule has 0 spiro atoms. The van der Waals surface area contributed by atoms with Crippen molar-refractivity contribution in [2.45, 2.75) is 32.2 Å². The molecule has 0 aromatic carbocycles. The molecular weight excluding hydrogens is 224 g/mol. The third kappa shape index (κ3) is 1.84. The van der Waals surface area contributed by atoms with Gasteiger partial charge in [-0.15, -0.1) is 12.4 Å². The second-order valence-electron chi connectivity index (χ2n) is 5.37. The number of nitrogens with one attached hydrogen (secondary N) is 1. The van der Waals surface area contributed by atoms with E-state index in [0.717, 1.165) is 31.5 Å². The Labute approximate surface area is 103 Å². The lowest BCUT2D eigenvalue weighted by atomic mass is 10.1. The van der Waals surface area contributed by atoms with Crippen molar-refractivity contribution in [3.8, 4) is 0 Å². The van der Waals surface area contributed by atoms with Crippen LogP contribution >= 0.6 is 12.4 Å². The highest BCUT2D eigenvalue weighted by molar-refractivity contribution is 5.85. The Kier molecular flexibility index (Phi) is 3.45. The van der Waals surface area contributed by atoms with Gasteiger partial charge in [-0.25, -0.2) is 0 Å². The van der Waals surface area contributed by atoms with Gasteiger partial charge in [0.05, 0.1) is 0 Å². The fourth-order valence-corrected chi connectivity index (χ4v) is 3.55. The number of piperazine rings is 1. The highest BCUT2D eigenvalue weighted by atomic mass is 35.5. The van der Waals surface area contributed by atoms with Crippen LogP contribution in [-0.2, 0) is 4.79 Å². The first-order chi connectivity index (χ1) is 7.29. The van der Waals surface area contributed by atoms with Crippen LogP contribution in [0.4, 0.5) is 0 Å². The summed E-state index contributed by atoms with van der Waals surface area (Å²) in [6, 6.07) is 0.396. The zero-order valence-electron chi connectivity index (χ0n) is 9.82. The van der Waals surface area contributed by atoms with Gasteiger partial charge in [0.15, 0.2) is 0 Å². The van der Waals surface area contributed by atoms with Crippen LogP contribution in [-0.4, -0.2) is 36.5 Å². The average molecular weight is 245 g/mol. The van der Waals surface area contributed by atoms with E-state index in [1.54, 1.807) is 0 Å². The largest absolute Gasteiger partial charge is 0.337 e. The lowest BCUT2D eigenvalue weighted by Crippen LogP contribution is -2.53. The predicted octanol–water partition coefficient (Wildman–Crippen LogP) is 1.27. The normalized spacial score (nSPS) is 41.2. The Morgan fingerprint density at radius 2 is 2.00 bits per heavy atom. The van der Waals surface area contributed by atoms with E-state index in [1.807, 2.05) is 0 Å². The van der Waals surface area contributed by atoms with Crippen LogP contribution in [0.1, 0.15) is 26.2 Å². The topological polar surface area (TPSA) is 32.3 Å². The van der Waals surface area contributed by atoms with Crippen LogP contribution in [0, 0.1) is 17.8 Å². The van der Waals surface area contributed by atoms with Gasteiger partial charge in [0.25, 0.3) is 0 Å². The number of hydrogen-bond acceptors (Lipinski definition) is 2. The number of nitrogens with zero attached hydrogens (tertiary/aromatic N) is 1. The molecule has 1 heterocycles. The molecule has 92 valence electrons. The van der Waals surface area contributed by atoms with E-state index in [-0.39, 0.29) is 12.4 Å². The Morgan fingerprint density at radius 1 is 1.31 bits per heavy atom. The van der Waals surface area contributed by atoms with Gasteiger partial charge in [-0.2, -0.15) is 0 Å². The Hall–Kier alpha value is -0.280. The van der Waals surface area contributed by atoms with Gasteiger partial charge in [0, 0.05) is 31.6 Å². The fourth-order valence-electron chi connectivity index (χ4n) is 3.55. The second kappa shape index (κ2) is 4.53. The Balaban J connectivity index is 0.000000963. The maximum absolute atomic E-state index is 12.3. The standard InChI is InChI=1S/C12H20N2O.ClH/c1-8-7-13-5-6-14(8)12(15)11-9-3-2-4-10(9)11;/h8-11,13H,2-7H2,1H3;1H/t8-,9?,10?,11?;/m1./s1. The molecule has 1 N–H and O–H groups in total. The second-order valence-corrected chi connectivity index (χ2v) is 5.37. The van der Waals surface area contributed by atoms with Crippen LogP contribution in [0.15, 0.2) is 0 Å². The van der Waals surface area contributed by atoms with Crippen molar-refractivity contribution in [3.63, 3.8) is 0 Å². The number of amides is 1. The first-order valence-corrected chi connectivity index (χ1v) is 6.30. The van der Waals surface area contributed by atoms with Crippen LogP contribution in [0.3, 0.4) is 0 Å². The number of halogens is 1. The minimum atomic E-state index is 0. The van der Waals surface area contributed by atoms with E-state index < -0.39 is 0 Å². The monoisotopic (exact) mass is 244 g/mol. The molecular formula is C12H21ClN2O. The van der Waals surface area contributed by atoms with E-state index in [1.165, 1.54) is 19.3 Å². The van der Waals surface area contributed by atoms with Crippen molar-refractivity contribution in [1.82, 2.24) is 10.2 Å². The molecule has 1 amide bonds. The Bertz CT molecular complexity index is 274. The van der Waals surface area contributed by atoms with Crippen LogP contribution < -0.4 is 5.32 Å². The van der Waals surface area contributed by atoms with Gasteiger partial charge in [-0.05, 0) is 31.6 Å². The van der Waals surface area contributed by atoms with Crippen molar-refractivity contribution in [2.24, 2.45) is 17.8 Å². The van der Waals surface area contributed by atoms with Gasteiger partial charge in [0.1, 0.15) is 0 Å². The summed E-state index contributed by atoms with van der Waals surface area (Å²) < 4.78 is 0. The summed E-state index contributed by atoms with van der Waals surface area (Å²) in [5, 5.41) is 3.34. The quantitative estimate of drug-likeness (QED) is 0.754. The van der Waals surface area contributed by atoms with Crippen molar-refractivity contribution < 1.29 is 4.79 Å². The van der Waals surface area contributed by atoms with Gasteiger partial charge in [-0.1, -0.05) is 6.42 Å². The van der Waals surface area contributed by atoms with Gasteiger partial charge in [0.2, 0.25) is 5.91 Å². The molecule has 16 heavy (non-hydrogen) atoms. The minimum Gasteiger partial charge on any atom is -0.337 e. The fraction of sp³-hybridized carbons (Fsp3) is 0.917. The Morgan fingerprint density at radius 3 is 2.62 bits per heavy atom. The van der Waals surface area contributed by atoms with Crippen LogP contribution in [0.25, 0.3) is 0 Å². The minimum absolute atomic E-state index is 0. The highest BCUT2D eigenvalue weighted by Crippen LogP contribution is 2.58. The smallest absolute Gasteiger partial charge is 0.226 e. The zero-order chi connectivity index (χ0) is 10.4. The van der Waals surface area contributed by atoms with E-state index in [0.29, 0.717) is 17.9 Å². The van der Waals surface area contributed by atoms with E-state index in [2.05, 4.69) is 17.1 Å². The molecule has 0 radical (unpaired) electrons. The van der Waals surface area contributed by atoms with E-state index in [4.69, 9.17) is 0 Å². The molecule has 2 aliphatic carbocycles. The zero-order valence-corrected chi connectivity index (χ0v) is 10.6. The molecule has 3 aliphatic rings. The molecule has 3 rings (SSSR count). The molecule has 3 fully saturated rings. The third-order valence-electron chi connectivity index (χ3n) is 4.48. The first-order valence-electron chi connectivity index (χ1n) is 6.30. The molecule has 2 saturated carbocycles. The molecule has 0 aromatic rings.